The van der Waals surface area contributed by atoms with Gasteiger partial charge in [-0.2, -0.15) is 0 Å². The summed E-state index contributed by atoms with van der Waals surface area (Å²) in [6.45, 7) is 0. The summed E-state index contributed by atoms with van der Waals surface area (Å²) in [5, 5.41) is 0. The van der Waals surface area contributed by atoms with Crippen molar-refractivity contribution in [2.75, 3.05) is 0 Å². The van der Waals surface area contributed by atoms with Gasteiger partial charge in [-0.25, -0.2) is 8.78 Å². The molecule has 0 heterocycles. The first-order valence-corrected chi connectivity index (χ1v) is 5.00. The van der Waals surface area contributed by atoms with Crippen molar-refractivity contribution in [1.29, 1.82) is 0 Å². The summed E-state index contributed by atoms with van der Waals surface area (Å²) in [6.07, 6.45) is -2.37. The van der Waals surface area contributed by atoms with Gasteiger partial charge in [0, 0.05) is 4.47 Å². The maximum Gasteiger partial charge on any atom is 0.255 e. The third-order valence-electron chi connectivity index (χ3n) is 1.41. The molecule has 0 saturated heterocycles. The molecular formula is C8H6Br2F2. The Morgan fingerprint density at radius 3 is 2.00 bits per heavy atom. The average molecular weight is 300 g/mol. The number of benzene rings is 1. The van der Waals surface area contributed by atoms with Gasteiger partial charge in [0.15, 0.2) is 0 Å². The molecule has 1 rings (SSSR count). The van der Waals surface area contributed by atoms with Gasteiger partial charge in [-0.05, 0) is 17.7 Å². The van der Waals surface area contributed by atoms with E-state index in [9.17, 15) is 8.78 Å². The Labute approximate surface area is 86.2 Å². The van der Waals surface area contributed by atoms with E-state index in [0.717, 1.165) is 4.47 Å². The summed E-state index contributed by atoms with van der Waals surface area (Å²) in [5.41, 5.74) is 0.591. The SMILES string of the molecule is FC(F)C(Br)c1ccc(Br)cc1. The molecule has 0 saturated carbocycles. The van der Waals surface area contributed by atoms with Crippen LogP contribution in [-0.4, -0.2) is 6.43 Å². The zero-order valence-electron chi connectivity index (χ0n) is 5.98. The predicted molar refractivity (Wildman–Crippen MR) is 51.8 cm³/mol. The summed E-state index contributed by atoms with van der Waals surface area (Å²) in [4.78, 5) is -0.870. The lowest BCUT2D eigenvalue weighted by atomic mass is 10.2. The van der Waals surface area contributed by atoms with Crippen molar-refractivity contribution in [3.8, 4) is 0 Å². The molecule has 0 nitrogen and oxygen atoms in total. The Morgan fingerprint density at radius 2 is 1.58 bits per heavy atom. The van der Waals surface area contributed by atoms with E-state index in [0.29, 0.717) is 5.56 Å². The second kappa shape index (κ2) is 4.33. The van der Waals surface area contributed by atoms with E-state index in [1.807, 2.05) is 0 Å². The molecule has 0 radical (unpaired) electrons. The van der Waals surface area contributed by atoms with E-state index >= 15 is 0 Å². The summed E-state index contributed by atoms with van der Waals surface area (Å²) in [6, 6.07) is 6.81. The summed E-state index contributed by atoms with van der Waals surface area (Å²) >= 11 is 6.14. The van der Waals surface area contributed by atoms with E-state index < -0.39 is 11.3 Å². The maximum absolute atomic E-state index is 12.2. The monoisotopic (exact) mass is 298 g/mol. The molecule has 0 aliphatic heterocycles. The quantitative estimate of drug-likeness (QED) is 0.720. The van der Waals surface area contributed by atoms with Gasteiger partial charge in [-0.1, -0.05) is 44.0 Å². The van der Waals surface area contributed by atoms with Gasteiger partial charge in [0.2, 0.25) is 0 Å². The predicted octanol–water partition coefficient (Wildman–Crippen LogP) is 4.15. The largest absolute Gasteiger partial charge is 0.255 e. The molecule has 0 N–H and O–H groups in total. The molecule has 0 amide bonds. The first kappa shape index (κ1) is 10.1. The first-order chi connectivity index (χ1) is 5.61. The standard InChI is InChI=1S/C8H6Br2F2/c9-6-3-1-5(2-4-6)7(10)8(11)12/h1-4,7-8H. The summed E-state index contributed by atoms with van der Waals surface area (Å²) in [5.74, 6) is 0. The minimum Gasteiger partial charge on any atom is -0.209 e. The van der Waals surface area contributed by atoms with Crippen molar-refractivity contribution in [1.82, 2.24) is 0 Å². The number of rotatable bonds is 2. The van der Waals surface area contributed by atoms with Crippen molar-refractivity contribution in [3.05, 3.63) is 34.3 Å². The highest BCUT2D eigenvalue weighted by atomic mass is 79.9. The number of hydrogen-bond acceptors (Lipinski definition) is 0. The Morgan fingerprint density at radius 1 is 1.08 bits per heavy atom. The molecule has 0 spiro atoms. The molecule has 0 aliphatic rings. The molecule has 0 bridgehead atoms. The third kappa shape index (κ3) is 2.52. The topological polar surface area (TPSA) is 0 Å². The molecule has 66 valence electrons. The zero-order chi connectivity index (χ0) is 9.14. The van der Waals surface area contributed by atoms with Gasteiger partial charge in [0.1, 0.15) is 4.83 Å². The van der Waals surface area contributed by atoms with Crippen molar-refractivity contribution in [3.63, 3.8) is 0 Å². The molecule has 0 aliphatic carbocycles. The van der Waals surface area contributed by atoms with Gasteiger partial charge in [0.25, 0.3) is 6.43 Å². The van der Waals surface area contributed by atoms with E-state index in [1.165, 1.54) is 0 Å². The Balaban J connectivity index is 2.82. The first-order valence-electron chi connectivity index (χ1n) is 3.29. The van der Waals surface area contributed by atoms with E-state index in [4.69, 9.17) is 0 Å². The highest BCUT2D eigenvalue weighted by Crippen LogP contribution is 2.29. The molecule has 4 heteroatoms. The van der Waals surface area contributed by atoms with Gasteiger partial charge in [0.05, 0.1) is 0 Å². The van der Waals surface area contributed by atoms with Crippen LogP contribution in [0.25, 0.3) is 0 Å². The number of halogens is 4. The van der Waals surface area contributed by atoms with Crippen LogP contribution in [-0.2, 0) is 0 Å². The smallest absolute Gasteiger partial charge is 0.209 e. The Kier molecular flexibility index (Phi) is 3.65. The van der Waals surface area contributed by atoms with Gasteiger partial charge >= 0.3 is 0 Å². The molecule has 1 aromatic rings. The highest BCUT2D eigenvalue weighted by molar-refractivity contribution is 9.10. The second-order valence-electron chi connectivity index (χ2n) is 2.29. The summed E-state index contributed by atoms with van der Waals surface area (Å²) in [7, 11) is 0. The lowest BCUT2D eigenvalue weighted by molar-refractivity contribution is 0.147. The van der Waals surface area contributed by atoms with Crippen LogP contribution in [0.5, 0.6) is 0 Å². The lowest BCUT2D eigenvalue weighted by Gasteiger charge is -2.07. The van der Waals surface area contributed by atoms with Crippen LogP contribution >= 0.6 is 31.9 Å². The molecule has 1 atom stereocenters. The molecule has 1 aromatic carbocycles. The fourth-order valence-corrected chi connectivity index (χ4v) is 1.36. The normalized spacial score (nSPS) is 13.4. The van der Waals surface area contributed by atoms with E-state index in [2.05, 4.69) is 31.9 Å². The van der Waals surface area contributed by atoms with Crippen LogP contribution < -0.4 is 0 Å². The average Bonchev–Trinajstić information content (AvgIpc) is 2.04. The van der Waals surface area contributed by atoms with Crippen molar-refractivity contribution >= 4 is 31.9 Å². The van der Waals surface area contributed by atoms with Gasteiger partial charge in [-0.3, -0.25) is 0 Å². The molecule has 0 aromatic heterocycles. The lowest BCUT2D eigenvalue weighted by Crippen LogP contribution is -2.00. The zero-order valence-corrected chi connectivity index (χ0v) is 9.15. The van der Waals surface area contributed by atoms with Crippen LogP contribution in [0, 0.1) is 0 Å². The molecule has 12 heavy (non-hydrogen) atoms. The third-order valence-corrected chi connectivity index (χ3v) is 2.87. The van der Waals surface area contributed by atoms with E-state index in [1.54, 1.807) is 24.3 Å². The fourth-order valence-electron chi connectivity index (χ4n) is 0.792. The van der Waals surface area contributed by atoms with Crippen LogP contribution in [0.1, 0.15) is 10.4 Å². The molecule has 0 fully saturated rings. The van der Waals surface area contributed by atoms with Crippen molar-refractivity contribution in [2.45, 2.75) is 11.3 Å². The van der Waals surface area contributed by atoms with Gasteiger partial charge < -0.3 is 0 Å². The molecule has 1 unspecified atom stereocenters. The maximum atomic E-state index is 12.2. The minimum absolute atomic E-state index is 0.591. The summed E-state index contributed by atoms with van der Waals surface area (Å²) < 4.78 is 25.2. The van der Waals surface area contributed by atoms with E-state index in [-0.39, 0.29) is 0 Å². The van der Waals surface area contributed by atoms with Crippen LogP contribution in [0.2, 0.25) is 0 Å². The number of alkyl halides is 3. The highest BCUT2D eigenvalue weighted by Gasteiger charge is 2.17. The van der Waals surface area contributed by atoms with Crippen LogP contribution in [0.15, 0.2) is 28.7 Å². The van der Waals surface area contributed by atoms with Crippen LogP contribution in [0.4, 0.5) is 8.78 Å². The minimum atomic E-state index is -2.37. The molecular weight excluding hydrogens is 294 g/mol. The second-order valence-corrected chi connectivity index (χ2v) is 4.19. The van der Waals surface area contributed by atoms with Crippen LogP contribution in [0.3, 0.4) is 0 Å². The Hall–Kier alpha value is 0.0400. The van der Waals surface area contributed by atoms with Crippen molar-refractivity contribution in [2.24, 2.45) is 0 Å². The van der Waals surface area contributed by atoms with Gasteiger partial charge in [-0.15, -0.1) is 0 Å². The Bertz CT molecular complexity index is 246. The van der Waals surface area contributed by atoms with Crippen molar-refractivity contribution < 1.29 is 8.78 Å². The number of hydrogen-bond donors (Lipinski definition) is 0. The fraction of sp³-hybridized carbons (Fsp3) is 0.250.